The summed E-state index contributed by atoms with van der Waals surface area (Å²) in [5.41, 5.74) is 0. The fraction of sp³-hybridized carbons (Fsp3) is 0.545. The smallest absolute Gasteiger partial charge is 0.158 e. The van der Waals surface area contributed by atoms with Gasteiger partial charge in [-0.05, 0) is 34.5 Å². The van der Waals surface area contributed by atoms with Crippen LogP contribution in [-0.2, 0) is 9.47 Å². The summed E-state index contributed by atoms with van der Waals surface area (Å²) in [5, 5.41) is 1.03. The van der Waals surface area contributed by atoms with Gasteiger partial charge in [0.1, 0.15) is 5.03 Å². The molecule has 0 aromatic carbocycles. The molecular formula is C11H14BrNO2S. The highest BCUT2D eigenvalue weighted by molar-refractivity contribution is 9.10. The Morgan fingerprint density at radius 2 is 2.25 bits per heavy atom. The molecule has 0 amide bonds. The van der Waals surface area contributed by atoms with E-state index in [1.54, 1.807) is 18.0 Å². The largest absolute Gasteiger partial charge is 0.353 e. The molecule has 88 valence electrons. The van der Waals surface area contributed by atoms with Crippen LogP contribution in [-0.4, -0.2) is 30.2 Å². The summed E-state index contributed by atoms with van der Waals surface area (Å²) < 4.78 is 12.0. The number of hydrogen-bond donors (Lipinski definition) is 0. The molecule has 0 bridgehead atoms. The zero-order chi connectivity index (χ0) is 11.2. The van der Waals surface area contributed by atoms with Gasteiger partial charge in [-0.2, -0.15) is 0 Å². The zero-order valence-electron chi connectivity index (χ0n) is 8.89. The van der Waals surface area contributed by atoms with E-state index >= 15 is 0 Å². The van der Waals surface area contributed by atoms with Crippen molar-refractivity contribution in [1.82, 2.24) is 4.98 Å². The number of thioether (sulfide) groups is 1. The molecule has 1 saturated heterocycles. The van der Waals surface area contributed by atoms with Gasteiger partial charge in [0.2, 0.25) is 0 Å². The molecule has 1 aromatic rings. The fourth-order valence-electron chi connectivity index (χ4n) is 1.43. The molecule has 0 atom stereocenters. The van der Waals surface area contributed by atoms with Gasteiger partial charge in [-0.1, -0.05) is 0 Å². The molecule has 2 rings (SSSR count). The molecule has 0 aliphatic carbocycles. The van der Waals surface area contributed by atoms with E-state index in [2.05, 4.69) is 20.9 Å². The van der Waals surface area contributed by atoms with Gasteiger partial charge in [0.15, 0.2) is 6.29 Å². The molecule has 5 heteroatoms. The van der Waals surface area contributed by atoms with Crippen LogP contribution >= 0.6 is 27.7 Å². The maximum Gasteiger partial charge on any atom is 0.158 e. The molecule has 16 heavy (non-hydrogen) atoms. The maximum absolute atomic E-state index is 5.48. The van der Waals surface area contributed by atoms with Gasteiger partial charge < -0.3 is 9.47 Å². The second-order valence-electron chi connectivity index (χ2n) is 3.45. The van der Waals surface area contributed by atoms with E-state index < -0.39 is 0 Å². The predicted molar refractivity (Wildman–Crippen MR) is 67.6 cm³/mol. The maximum atomic E-state index is 5.48. The minimum atomic E-state index is -0.0243. The summed E-state index contributed by atoms with van der Waals surface area (Å²) in [7, 11) is 0. The number of halogens is 1. The SMILES string of the molecule is Brc1cccnc1SCCC1OCCCO1. The Hall–Kier alpha value is -0.100. The first-order valence-electron chi connectivity index (χ1n) is 5.33. The molecule has 0 radical (unpaired) electrons. The number of nitrogens with zero attached hydrogens (tertiary/aromatic N) is 1. The Bertz CT molecular complexity index is 332. The molecular weight excluding hydrogens is 290 g/mol. The van der Waals surface area contributed by atoms with Crippen LogP contribution in [0.4, 0.5) is 0 Å². The van der Waals surface area contributed by atoms with Gasteiger partial charge in [0, 0.05) is 22.8 Å². The van der Waals surface area contributed by atoms with E-state index in [0.717, 1.165) is 41.3 Å². The number of pyridine rings is 1. The number of ether oxygens (including phenoxy) is 2. The van der Waals surface area contributed by atoms with Crippen LogP contribution in [0, 0.1) is 0 Å². The van der Waals surface area contributed by atoms with E-state index in [0.29, 0.717) is 0 Å². The van der Waals surface area contributed by atoms with Crippen LogP contribution in [0.3, 0.4) is 0 Å². The van der Waals surface area contributed by atoms with Gasteiger partial charge in [-0.3, -0.25) is 0 Å². The number of hydrogen-bond acceptors (Lipinski definition) is 4. The zero-order valence-corrected chi connectivity index (χ0v) is 11.3. The highest BCUT2D eigenvalue weighted by Gasteiger charge is 2.14. The van der Waals surface area contributed by atoms with Crippen LogP contribution in [0.5, 0.6) is 0 Å². The lowest BCUT2D eigenvalue weighted by molar-refractivity contribution is -0.178. The normalized spacial score (nSPS) is 17.6. The van der Waals surface area contributed by atoms with Crippen LogP contribution < -0.4 is 0 Å². The summed E-state index contributed by atoms with van der Waals surface area (Å²) in [6.45, 7) is 1.64. The molecule has 3 nitrogen and oxygen atoms in total. The van der Waals surface area contributed by atoms with E-state index in [9.17, 15) is 0 Å². The van der Waals surface area contributed by atoms with Gasteiger partial charge in [0.05, 0.1) is 13.2 Å². The topological polar surface area (TPSA) is 31.4 Å². The molecule has 0 N–H and O–H groups in total. The van der Waals surface area contributed by atoms with Crippen LogP contribution in [0.15, 0.2) is 27.8 Å². The summed E-state index contributed by atoms with van der Waals surface area (Å²) in [6.07, 6.45) is 3.70. The summed E-state index contributed by atoms with van der Waals surface area (Å²) in [6, 6.07) is 3.92. The van der Waals surface area contributed by atoms with Crippen molar-refractivity contribution in [2.24, 2.45) is 0 Å². The van der Waals surface area contributed by atoms with E-state index in [-0.39, 0.29) is 6.29 Å². The van der Waals surface area contributed by atoms with Crippen LogP contribution in [0.2, 0.25) is 0 Å². The monoisotopic (exact) mass is 303 g/mol. The molecule has 1 fully saturated rings. The van der Waals surface area contributed by atoms with Crippen molar-refractivity contribution in [3.05, 3.63) is 22.8 Å². The first-order valence-corrected chi connectivity index (χ1v) is 7.10. The van der Waals surface area contributed by atoms with Crippen LogP contribution in [0.25, 0.3) is 0 Å². The molecule has 0 saturated carbocycles. The number of rotatable bonds is 4. The average Bonchev–Trinajstić information content (AvgIpc) is 2.33. The Kier molecular flexibility index (Phi) is 5.09. The molecule has 1 aliphatic rings. The van der Waals surface area contributed by atoms with E-state index in [4.69, 9.17) is 9.47 Å². The van der Waals surface area contributed by atoms with Crippen molar-refractivity contribution in [3.63, 3.8) is 0 Å². The Labute approximate surface area is 108 Å². The lowest BCUT2D eigenvalue weighted by atomic mass is 10.4. The fourth-order valence-corrected chi connectivity index (χ4v) is 2.88. The first-order chi connectivity index (χ1) is 7.86. The third kappa shape index (κ3) is 3.73. The van der Waals surface area contributed by atoms with Crippen molar-refractivity contribution >= 4 is 27.7 Å². The second kappa shape index (κ2) is 6.59. The number of aromatic nitrogens is 1. The van der Waals surface area contributed by atoms with Crippen LogP contribution in [0.1, 0.15) is 12.8 Å². The Balaban J connectivity index is 1.73. The van der Waals surface area contributed by atoms with Crippen molar-refractivity contribution in [2.45, 2.75) is 24.2 Å². The van der Waals surface area contributed by atoms with Crippen molar-refractivity contribution < 1.29 is 9.47 Å². The summed E-state index contributed by atoms with van der Waals surface area (Å²) in [5.74, 6) is 0.959. The first kappa shape index (κ1) is 12.4. The summed E-state index contributed by atoms with van der Waals surface area (Å²) >= 11 is 5.20. The highest BCUT2D eigenvalue weighted by Crippen LogP contribution is 2.25. The van der Waals surface area contributed by atoms with Gasteiger partial charge in [-0.25, -0.2) is 4.98 Å². The molecule has 1 aliphatic heterocycles. The third-order valence-corrected chi connectivity index (χ3v) is 4.15. The molecule has 0 spiro atoms. The Morgan fingerprint density at radius 1 is 1.44 bits per heavy atom. The minimum Gasteiger partial charge on any atom is -0.353 e. The Morgan fingerprint density at radius 3 is 3.00 bits per heavy atom. The lowest BCUT2D eigenvalue weighted by Crippen LogP contribution is -2.25. The standard InChI is InChI=1S/C11H14BrNO2S/c12-9-3-1-5-13-11(9)16-8-4-10-14-6-2-7-15-10/h1,3,5,10H,2,4,6-8H2. The molecule has 1 aromatic heterocycles. The quantitative estimate of drug-likeness (QED) is 0.800. The predicted octanol–water partition coefficient (Wildman–Crippen LogP) is 3.09. The molecule has 2 heterocycles. The highest BCUT2D eigenvalue weighted by atomic mass is 79.9. The second-order valence-corrected chi connectivity index (χ2v) is 5.39. The van der Waals surface area contributed by atoms with E-state index in [1.807, 2.05) is 12.1 Å². The summed E-state index contributed by atoms with van der Waals surface area (Å²) in [4.78, 5) is 4.30. The van der Waals surface area contributed by atoms with E-state index in [1.165, 1.54) is 0 Å². The van der Waals surface area contributed by atoms with Gasteiger partial charge in [0.25, 0.3) is 0 Å². The van der Waals surface area contributed by atoms with Crippen molar-refractivity contribution in [1.29, 1.82) is 0 Å². The third-order valence-electron chi connectivity index (χ3n) is 2.21. The van der Waals surface area contributed by atoms with Gasteiger partial charge in [-0.15, -0.1) is 11.8 Å². The lowest BCUT2D eigenvalue weighted by Gasteiger charge is -2.22. The van der Waals surface area contributed by atoms with Crippen molar-refractivity contribution in [3.8, 4) is 0 Å². The van der Waals surface area contributed by atoms with Gasteiger partial charge >= 0.3 is 0 Å². The molecule has 0 unspecified atom stereocenters. The van der Waals surface area contributed by atoms with Crippen molar-refractivity contribution in [2.75, 3.05) is 19.0 Å². The average molecular weight is 304 g/mol. The minimum absolute atomic E-state index is 0.0243.